The van der Waals surface area contributed by atoms with E-state index in [0.29, 0.717) is 18.8 Å². The molecule has 0 saturated carbocycles. The number of ketones is 1. The maximum atomic E-state index is 10.8. The van der Waals surface area contributed by atoms with Crippen LogP contribution in [0.15, 0.2) is 12.2 Å². The molecule has 0 bridgehead atoms. The van der Waals surface area contributed by atoms with Crippen molar-refractivity contribution in [2.24, 2.45) is 5.92 Å². The van der Waals surface area contributed by atoms with Gasteiger partial charge in [0.1, 0.15) is 0 Å². The third kappa shape index (κ3) is 3.40. The van der Waals surface area contributed by atoms with Gasteiger partial charge in [0.05, 0.1) is 7.11 Å². The van der Waals surface area contributed by atoms with Crippen molar-refractivity contribution in [1.82, 2.24) is 0 Å². The first-order valence-electron chi connectivity index (χ1n) is 4.50. The van der Waals surface area contributed by atoms with Gasteiger partial charge in [0, 0.05) is 12.8 Å². The van der Waals surface area contributed by atoms with Crippen LogP contribution < -0.4 is 0 Å². The number of hydrogen-bond donors (Lipinski definition) is 0. The summed E-state index contributed by atoms with van der Waals surface area (Å²) in [5, 5.41) is 0. The van der Waals surface area contributed by atoms with Crippen LogP contribution >= 0.6 is 0 Å². The highest BCUT2D eigenvalue weighted by Gasteiger charge is 2.14. The van der Waals surface area contributed by atoms with E-state index in [4.69, 9.17) is 0 Å². The van der Waals surface area contributed by atoms with Crippen molar-refractivity contribution in [3.63, 3.8) is 0 Å². The van der Waals surface area contributed by atoms with Gasteiger partial charge in [-0.25, -0.2) is 0 Å². The Morgan fingerprint density at radius 3 is 3.00 bits per heavy atom. The van der Waals surface area contributed by atoms with Gasteiger partial charge in [-0.05, 0) is 24.8 Å². The predicted octanol–water partition coefficient (Wildman–Crippen LogP) is 1.47. The van der Waals surface area contributed by atoms with Crippen molar-refractivity contribution < 1.29 is 14.3 Å². The molecule has 0 spiro atoms. The quantitative estimate of drug-likeness (QED) is 0.621. The van der Waals surface area contributed by atoms with Crippen LogP contribution in [0.5, 0.6) is 0 Å². The highest BCUT2D eigenvalue weighted by molar-refractivity contribution is 5.90. The fraction of sp³-hybridized carbons (Fsp3) is 0.600. The van der Waals surface area contributed by atoms with Crippen molar-refractivity contribution in [1.29, 1.82) is 0 Å². The molecule has 13 heavy (non-hydrogen) atoms. The molecule has 1 aliphatic carbocycles. The average Bonchev–Trinajstić information content (AvgIpc) is 2.16. The van der Waals surface area contributed by atoms with E-state index in [1.54, 1.807) is 6.08 Å². The van der Waals surface area contributed by atoms with Gasteiger partial charge >= 0.3 is 5.97 Å². The van der Waals surface area contributed by atoms with E-state index >= 15 is 0 Å². The lowest BCUT2D eigenvalue weighted by Gasteiger charge is -2.14. The topological polar surface area (TPSA) is 43.4 Å². The molecule has 0 aromatic rings. The van der Waals surface area contributed by atoms with Crippen LogP contribution in [0.2, 0.25) is 0 Å². The summed E-state index contributed by atoms with van der Waals surface area (Å²) in [7, 11) is 1.39. The van der Waals surface area contributed by atoms with Crippen LogP contribution in [-0.4, -0.2) is 18.9 Å². The summed E-state index contributed by atoms with van der Waals surface area (Å²) in [6.45, 7) is 0. The van der Waals surface area contributed by atoms with E-state index in [1.165, 1.54) is 7.11 Å². The molecule has 0 saturated heterocycles. The van der Waals surface area contributed by atoms with Crippen LogP contribution in [0.1, 0.15) is 25.7 Å². The van der Waals surface area contributed by atoms with Crippen LogP contribution in [0, 0.1) is 5.92 Å². The van der Waals surface area contributed by atoms with Gasteiger partial charge in [0.2, 0.25) is 0 Å². The summed E-state index contributed by atoms with van der Waals surface area (Å²) in [6, 6.07) is 0. The van der Waals surface area contributed by atoms with E-state index in [-0.39, 0.29) is 11.8 Å². The molecule has 0 N–H and O–H groups in total. The van der Waals surface area contributed by atoms with Crippen molar-refractivity contribution >= 4 is 11.8 Å². The molecule has 1 unspecified atom stereocenters. The maximum absolute atomic E-state index is 10.8. The highest BCUT2D eigenvalue weighted by Crippen LogP contribution is 2.19. The van der Waals surface area contributed by atoms with Gasteiger partial charge < -0.3 is 4.74 Å². The van der Waals surface area contributed by atoms with E-state index in [1.807, 2.05) is 6.08 Å². The fourth-order valence-electron chi connectivity index (χ4n) is 1.40. The molecule has 0 aliphatic heterocycles. The summed E-state index contributed by atoms with van der Waals surface area (Å²) in [5.74, 6) is 0.386. The summed E-state index contributed by atoms with van der Waals surface area (Å²) >= 11 is 0. The molecule has 1 aliphatic rings. The van der Waals surface area contributed by atoms with Gasteiger partial charge in [0.25, 0.3) is 0 Å². The van der Waals surface area contributed by atoms with E-state index < -0.39 is 0 Å². The van der Waals surface area contributed by atoms with Crippen molar-refractivity contribution in [3.05, 3.63) is 12.2 Å². The number of hydrogen-bond acceptors (Lipinski definition) is 3. The summed E-state index contributed by atoms with van der Waals surface area (Å²) in [5.41, 5.74) is 0. The van der Waals surface area contributed by atoms with Gasteiger partial charge in [-0.1, -0.05) is 6.08 Å². The Kier molecular flexibility index (Phi) is 3.68. The fourth-order valence-corrected chi connectivity index (χ4v) is 1.40. The van der Waals surface area contributed by atoms with Crippen molar-refractivity contribution in [2.45, 2.75) is 25.7 Å². The number of esters is 1. The highest BCUT2D eigenvalue weighted by atomic mass is 16.5. The van der Waals surface area contributed by atoms with Crippen LogP contribution in [0.25, 0.3) is 0 Å². The Morgan fingerprint density at radius 2 is 2.46 bits per heavy atom. The second-order valence-electron chi connectivity index (χ2n) is 3.24. The second-order valence-corrected chi connectivity index (χ2v) is 3.24. The molecule has 0 heterocycles. The van der Waals surface area contributed by atoms with Crippen LogP contribution in [-0.2, 0) is 14.3 Å². The van der Waals surface area contributed by atoms with Crippen molar-refractivity contribution in [3.8, 4) is 0 Å². The largest absolute Gasteiger partial charge is 0.469 e. The van der Waals surface area contributed by atoms with Crippen molar-refractivity contribution in [2.75, 3.05) is 7.11 Å². The molecule has 72 valence electrons. The molecule has 0 aromatic carbocycles. The zero-order chi connectivity index (χ0) is 9.68. The number of methoxy groups -OCH3 is 1. The molecule has 3 nitrogen and oxygen atoms in total. The Bertz CT molecular complexity index is 230. The Balaban J connectivity index is 2.27. The minimum absolute atomic E-state index is 0.176. The maximum Gasteiger partial charge on any atom is 0.305 e. The minimum Gasteiger partial charge on any atom is -0.469 e. The number of carbonyl (C=O) groups is 2. The average molecular weight is 182 g/mol. The van der Waals surface area contributed by atoms with Crippen LogP contribution in [0.3, 0.4) is 0 Å². The number of rotatable bonds is 3. The third-order valence-electron chi connectivity index (χ3n) is 2.26. The minimum atomic E-state index is -0.176. The Morgan fingerprint density at radius 1 is 1.69 bits per heavy atom. The molecule has 0 radical (unpaired) electrons. The molecule has 0 aromatic heterocycles. The number of allylic oxidation sites excluding steroid dienone is 2. The normalized spacial score (nSPS) is 21.6. The lowest BCUT2D eigenvalue weighted by Crippen LogP contribution is -2.10. The molecular weight excluding hydrogens is 168 g/mol. The molecule has 3 heteroatoms. The predicted molar refractivity (Wildman–Crippen MR) is 48.1 cm³/mol. The molecule has 0 fully saturated rings. The standard InChI is InChI=1S/C10H14O3/c1-13-10(12)7-4-8-2-5-9(11)6-3-8/h2,5,8H,3-4,6-7H2,1H3. The van der Waals surface area contributed by atoms with Gasteiger partial charge in [-0.3, -0.25) is 9.59 Å². The lowest BCUT2D eigenvalue weighted by molar-refractivity contribution is -0.140. The summed E-state index contributed by atoms with van der Waals surface area (Å²) in [6.07, 6.45) is 6.23. The van der Waals surface area contributed by atoms with E-state index in [9.17, 15) is 9.59 Å². The smallest absolute Gasteiger partial charge is 0.305 e. The van der Waals surface area contributed by atoms with Gasteiger partial charge in [-0.2, -0.15) is 0 Å². The first-order valence-corrected chi connectivity index (χ1v) is 4.50. The Hall–Kier alpha value is -1.12. The monoisotopic (exact) mass is 182 g/mol. The van der Waals surface area contributed by atoms with Gasteiger partial charge in [-0.15, -0.1) is 0 Å². The van der Waals surface area contributed by atoms with E-state index in [0.717, 1.165) is 12.8 Å². The SMILES string of the molecule is COC(=O)CCC1C=CC(=O)CC1. The van der Waals surface area contributed by atoms with E-state index in [2.05, 4.69) is 4.74 Å². The van der Waals surface area contributed by atoms with Gasteiger partial charge in [0.15, 0.2) is 5.78 Å². The first-order chi connectivity index (χ1) is 6.22. The lowest BCUT2D eigenvalue weighted by atomic mass is 9.91. The number of ether oxygens (including phenoxy) is 1. The van der Waals surface area contributed by atoms with Crippen LogP contribution in [0.4, 0.5) is 0 Å². The summed E-state index contributed by atoms with van der Waals surface area (Å²) < 4.78 is 4.53. The first kappa shape index (κ1) is 9.96. The zero-order valence-electron chi connectivity index (χ0n) is 7.79. The number of carbonyl (C=O) groups excluding carboxylic acids is 2. The molecule has 0 amide bonds. The molecule has 1 rings (SSSR count). The Labute approximate surface area is 77.8 Å². The third-order valence-corrected chi connectivity index (χ3v) is 2.26. The zero-order valence-corrected chi connectivity index (χ0v) is 7.79. The second kappa shape index (κ2) is 4.80. The molecule has 1 atom stereocenters. The molecular formula is C10H14O3. The summed E-state index contributed by atoms with van der Waals surface area (Å²) in [4.78, 5) is 21.6.